The molecule has 1 saturated carbocycles. The van der Waals surface area contributed by atoms with E-state index in [0.717, 1.165) is 12.8 Å². The van der Waals surface area contributed by atoms with Crippen LogP contribution in [0.2, 0.25) is 5.02 Å². The zero-order valence-electron chi connectivity index (χ0n) is 18.5. The second-order valence-corrected chi connectivity index (χ2v) is 8.66. The summed E-state index contributed by atoms with van der Waals surface area (Å²) in [5.41, 5.74) is 2.54. The molecule has 0 radical (unpaired) electrons. The Hall–Kier alpha value is -3.59. The summed E-state index contributed by atoms with van der Waals surface area (Å²) in [6.07, 6.45) is 4.64. The summed E-state index contributed by atoms with van der Waals surface area (Å²) in [6.45, 7) is 1.88. The number of anilines is 1. The van der Waals surface area contributed by atoms with Gasteiger partial charge < -0.3 is 25.0 Å². The normalized spacial score (nSPS) is 14.8. The largest absolute Gasteiger partial charge is 0.480 e. The van der Waals surface area contributed by atoms with Crippen LogP contribution in [0, 0.1) is 5.92 Å². The van der Waals surface area contributed by atoms with Crippen LogP contribution in [-0.4, -0.2) is 33.4 Å². The summed E-state index contributed by atoms with van der Waals surface area (Å²) in [5.74, 6) is 0.0490. The molecular formula is C24H25ClN4O5. The molecule has 4 rings (SSSR count). The first-order valence-corrected chi connectivity index (χ1v) is 11.4. The highest BCUT2D eigenvalue weighted by atomic mass is 35.5. The number of alkyl carbamates (subject to hydrolysis) is 1. The Labute approximate surface area is 201 Å². The summed E-state index contributed by atoms with van der Waals surface area (Å²) in [4.78, 5) is 28.1. The number of halogens is 1. The van der Waals surface area contributed by atoms with Gasteiger partial charge in [-0.2, -0.15) is 0 Å². The Morgan fingerprint density at radius 3 is 2.74 bits per heavy atom. The minimum Gasteiger partial charge on any atom is -0.480 e. The molecule has 1 aromatic carbocycles. The molecule has 0 spiro atoms. The first-order chi connectivity index (χ1) is 16.4. The summed E-state index contributed by atoms with van der Waals surface area (Å²) >= 11 is 6.16. The van der Waals surface area contributed by atoms with E-state index in [9.17, 15) is 14.7 Å². The van der Waals surface area contributed by atoms with Crippen molar-refractivity contribution in [2.45, 2.75) is 44.9 Å². The topological polar surface area (TPSA) is 127 Å². The second-order valence-electron chi connectivity index (χ2n) is 8.26. The molecule has 2 unspecified atom stereocenters. The maximum Gasteiger partial charge on any atom is 0.408 e. The van der Waals surface area contributed by atoms with Crippen LogP contribution >= 0.6 is 11.6 Å². The number of aliphatic carboxylic acids is 1. The van der Waals surface area contributed by atoms with Crippen molar-refractivity contribution in [2.75, 3.05) is 5.32 Å². The zero-order valence-corrected chi connectivity index (χ0v) is 19.3. The molecule has 0 bridgehead atoms. The minimum atomic E-state index is -0.890. The average Bonchev–Trinajstić information content (AvgIpc) is 3.51. The van der Waals surface area contributed by atoms with Gasteiger partial charge in [0, 0.05) is 27.9 Å². The third-order valence-corrected chi connectivity index (χ3v) is 5.96. The number of hydrogen-bond donors (Lipinski definition) is 3. The van der Waals surface area contributed by atoms with E-state index in [-0.39, 0.29) is 6.54 Å². The maximum atomic E-state index is 12.3. The van der Waals surface area contributed by atoms with Crippen LogP contribution in [0.5, 0.6) is 0 Å². The molecule has 0 aliphatic heterocycles. The van der Waals surface area contributed by atoms with E-state index in [4.69, 9.17) is 20.9 Å². The molecule has 1 fully saturated rings. The van der Waals surface area contributed by atoms with Gasteiger partial charge in [-0.05, 0) is 37.5 Å². The van der Waals surface area contributed by atoms with Gasteiger partial charge in [-0.1, -0.05) is 47.8 Å². The van der Waals surface area contributed by atoms with Crippen molar-refractivity contribution in [3.63, 3.8) is 0 Å². The quantitative estimate of drug-likeness (QED) is 0.365. The van der Waals surface area contributed by atoms with E-state index in [1.54, 1.807) is 37.4 Å². The van der Waals surface area contributed by atoms with Crippen molar-refractivity contribution in [2.24, 2.45) is 5.92 Å². The van der Waals surface area contributed by atoms with E-state index >= 15 is 0 Å². The first-order valence-electron chi connectivity index (χ1n) is 11.0. The highest BCUT2D eigenvalue weighted by molar-refractivity contribution is 6.31. The van der Waals surface area contributed by atoms with E-state index in [2.05, 4.69) is 20.8 Å². The lowest BCUT2D eigenvalue weighted by atomic mass is 10.1. The molecule has 10 heteroatoms. The van der Waals surface area contributed by atoms with Gasteiger partial charge in [0.25, 0.3) is 0 Å². The Balaban J connectivity index is 1.34. The number of nitrogens with one attached hydrogen (secondary N) is 2. The number of pyridine rings is 1. The number of carbonyl (C=O) groups is 2. The van der Waals surface area contributed by atoms with Crippen LogP contribution in [0.15, 0.2) is 53.4 Å². The average molecular weight is 485 g/mol. The number of carbonyl (C=O) groups excluding carboxylic acids is 1. The molecule has 3 aromatic rings. The van der Waals surface area contributed by atoms with E-state index in [1.807, 2.05) is 12.1 Å². The van der Waals surface area contributed by atoms with Gasteiger partial charge in [0.2, 0.25) is 0 Å². The number of carboxylic acid groups (broad SMARTS) is 1. The number of nitrogens with zero attached hydrogens (tertiary/aromatic N) is 2. The molecule has 2 atom stereocenters. The molecule has 0 saturated heterocycles. The third-order valence-electron chi connectivity index (χ3n) is 5.62. The second kappa shape index (κ2) is 10.6. The van der Waals surface area contributed by atoms with E-state index in [1.165, 1.54) is 6.26 Å². The van der Waals surface area contributed by atoms with Crippen molar-refractivity contribution in [3.05, 3.63) is 65.0 Å². The van der Waals surface area contributed by atoms with Crippen molar-refractivity contribution in [1.82, 2.24) is 15.5 Å². The smallest absolute Gasteiger partial charge is 0.408 e. The van der Waals surface area contributed by atoms with Crippen molar-refractivity contribution in [1.29, 1.82) is 0 Å². The fourth-order valence-electron chi connectivity index (χ4n) is 3.56. The Bertz CT molecular complexity index is 1150. The SMILES string of the molecule is CC(OC(=O)NCc1conc1-c1ccc(NC(CC2CC2)C(=O)O)nc1)c1ccccc1Cl. The van der Waals surface area contributed by atoms with Gasteiger partial charge in [0.1, 0.15) is 29.9 Å². The predicted octanol–water partition coefficient (Wildman–Crippen LogP) is 5.04. The first kappa shape index (κ1) is 23.6. The maximum absolute atomic E-state index is 12.3. The van der Waals surface area contributed by atoms with Crippen LogP contribution in [0.4, 0.5) is 10.6 Å². The van der Waals surface area contributed by atoms with Crippen LogP contribution in [-0.2, 0) is 16.1 Å². The summed E-state index contributed by atoms with van der Waals surface area (Å²) in [6, 6.07) is 9.97. The standard InChI is InChI=1S/C24H25ClN4O5/c1-14(18-4-2-3-5-19(18)25)34-24(32)27-12-17-13-33-29-22(17)16-8-9-21(26-11-16)28-20(23(30)31)10-15-6-7-15/h2-5,8-9,11,13-15,20H,6-7,10,12H2,1H3,(H,26,28)(H,27,32)(H,30,31). The highest BCUT2D eigenvalue weighted by Gasteiger charge is 2.29. The predicted molar refractivity (Wildman–Crippen MR) is 125 cm³/mol. The Kier molecular flexibility index (Phi) is 7.32. The number of benzene rings is 1. The number of carboxylic acids is 1. The lowest BCUT2D eigenvalue weighted by Gasteiger charge is -2.15. The monoisotopic (exact) mass is 484 g/mol. The van der Waals surface area contributed by atoms with E-state index in [0.29, 0.717) is 45.6 Å². The molecule has 1 amide bonds. The molecule has 3 N–H and O–H groups in total. The number of aromatic nitrogens is 2. The third kappa shape index (κ3) is 6.05. The van der Waals surface area contributed by atoms with Crippen molar-refractivity contribution >= 4 is 29.5 Å². The summed E-state index contributed by atoms with van der Waals surface area (Å²) < 4.78 is 10.5. The van der Waals surface area contributed by atoms with Crippen LogP contribution in [0.1, 0.15) is 43.4 Å². The lowest BCUT2D eigenvalue weighted by molar-refractivity contribution is -0.138. The molecule has 9 nitrogen and oxygen atoms in total. The molecule has 178 valence electrons. The molecular weight excluding hydrogens is 460 g/mol. The van der Waals surface area contributed by atoms with Crippen LogP contribution < -0.4 is 10.6 Å². The van der Waals surface area contributed by atoms with Gasteiger partial charge in [-0.3, -0.25) is 0 Å². The summed E-state index contributed by atoms with van der Waals surface area (Å²) in [7, 11) is 0. The number of ether oxygens (including phenoxy) is 1. The van der Waals surface area contributed by atoms with E-state index < -0.39 is 24.2 Å². The summed E-state index contributed by atoms with van der Waals surface area (Å²) in [5, 5.41) is 19.6. The molecule has 34 heavy (non-hydrogen) atoms. The van der Waals surface area contributed by atoms with Crippen molar-refractivity contribution in [3.8, 4) is 11.3 Å². The zero-order chi connectivity index (χ0) is 24.1. The highest BCUT2D eigenvalue weighted by Crippen LogP contribution is 2.34. The fraction of sp³-hybridized carbons (Fsp3) is 0.333. The van der Waals surface area contributed by atoms with Crippen molar-refractivity contribution < 1.29 is 24.0 Å². The molecule has 1 aliphatic rings. The molecule has 1 aliphatic carbocycles. The number of hydrogen-bond acceptors (Lipinski definition) is 7. The minimum absolute atomic E-state index is 0.134. The van der Waals surface area contributed by atoms with Gasteiger partial charge in [-0.15, -0.1) is 0 Å². The fourth-order valence-corrected chi connectivity index (χ4v) is 3.85. The Morgan fingerprint density at radius 2 is 2.06 bits per heavy atom. The van der Waals surface area contributed by atoms with Crippen LogP contribution in [0.25, 0.3) is 11.3 Å². The Morgan fingerprint density at radius 1 is 1.26 bits per heavy atom. The van der Waals surface area contributed by atoms with Gasteiger partial charge in [0.05, 0.1) is 6.54 Å². The molecule has 2 heterocycles. The van der Waals surface area contributed by atoms with Gasteiger partial charge in [-0.25, -0.2) is 14.6 Å². The molecule has 2 aromatic heterocycles. The number of amides is 1. The number of rotatable bonds is 10. The van der Waals surface area contributed by atoms with Crippen LogP contribution in [0.3, 0.4) is 0 Å². The van der Waals surface area contributed by atoms with Gasteiger partial charge in [0.15, 0.2) is 0 Å². The van der Waals surface area contributed by atoms with Gasteiger partial charge >= 0.3 is 12.1 Å². The lowest BCUT2D eigenvalue weighted by Crippen LogP contribution is -2.30.